The van der Waals surface area contributed by atoms with E-state index in [0.717, 1.165) is 5.56 Å². The summed E-state index contributed by atoms with van der Waals surface area (Å²) in [5, 5.41) is 0.300. The fourth-order valence-electron chi connectivity index (χ4n) is 1.99. The van der Waals surface area contributed by atoms with Crippen LogP contribution in [0.15, 0.2) is 40.9 Å². The summed E-state index contributed by atoms with van der Waals surface area (Å²) < 4.78 is 27.4. The van der Waals surface area contributed by atoms with Gasteiger partial charge in [0.1, 0.15) is 11.6 Å². The number of hydrazine groups is 1. The Balaban J connectivity index is 2.31. The lowest BCUT2D eigenvalue weighted by Crippen LogP contribution is -2.30. The molecule has 0 aliphatic carbocycles. The van der Waals surface area contributed by atoms with Gasteiger partial charge in [0.05, 0.1) is 10.5 Å². The van der Waals surface area contributed by atoms with Crippen molar-refractivity contribution < 1.29 is 8.78 Å². The molecule has 0 saturated carbocycles. The van der Waals surface area contributed by atoms with E-state index in [4.69, 9.17) is 17.4 Å². The Morgan fingerprint density at radius 3 is 2.55 bits per heavy atom. The van der Waals surface area contributed by atoms with Crippen LogP contribution in [0.3, 0.4) is 0 Å². The third-order valence-electron chi connectivity index (χ3n) is 2.97. The van der Waals surface area contributed by atoms with E-state index in [1.165, 1.54) is 18.2 Å². The molecule has 0 saturated heterocycles. The lowest BCUT2D eigenvalue weighted by molar-refractivity contribution is 0.510. The van der Waals surface area contributed by atoms with E-state index in [1.54, 1.807) is 18.2 Å². The van der Waals surface area contributed by atoms with Crippen LogP contribution in [0.1, 0.15) is 17.2 Å². The molecule has 0 aliphatic heterocycles. The first-order chi connectivity index (χ1) is 9.52. The van der Waals surface area contributed by atoms with E-state index >= 15 is 0 Å². The molecule has 2 rings (SSSR count). The van der Waals surface area contributed by atoms with Crippen LogP contribution in [-0.2, 0) is 6.42 Å². The number of nitrogens with two attached hydrogens (primary N) is 1. The minimum Gasteiger partial charge on any atom is -0.271 e. The molecule has 0 aliphatic rings. The fraction of sp³-hybridized carbons (Fsp3) is 0.143. The number of rotatable bonds is 4. The van der Waals surface area contributed by atoms with Crippen molar-refractivity contribution in [3.63, 3.8) is 0 Å². The Hall–Kier alpha value is -1.01. The van der Waals surface area contributed by atoms with Gasteiger partial charge >= 0.3 is 0 Å². The Morgan fingerprint density at radius 2 is 1.95 bits per heavy atom. The molecule has 0 bridgehead atoms. The largest absolute Gasteiger partial charge is 0.271 e. The first-order valence-corrected chi connectivity index (χ1v) is 7.04. The summed E-state index contributed by atoms with van der Waals surface area (Å²) in [6, 6.07) is 8.56. The summed E-state index contributed by atoms with van der Waals surface area (Å²) in [5.41, 5.74) is 3.66. The highest BCUT2D eigenvalue weighted by Crippen LogP contribution is 2.28. The van der Waals surface area contributed by atoms with Crippen LogP contribution >= 0.6 is 27.5 Å². The van der Waals surface area contributed by atoms with E-state index in [0.29, 0.717) is 21.5 Å². The SMILES string of the molecule is NNC(Cc1ccc(F)c(Br)c1)c1c(F)cccc1Cl. The molecule has 0 radical (unpaired) electrons. The molecule has 0 fully saturated rings. The highest BCUT2D eigenvalue weighted by molar-refractivity contribution is 9.10. The van der Waals surface area contributed by atoms with E-state index in [-0.39, 0.29) is 5.82 Å². The van der Waals surface area contributed by atoms with Gasteiger partial charge in [-0.1, -0.05) is 23.7 Å². The lowest BCUT2D eigenvalue weighted by atomic mass is 9.99. The zero-order valence-electron chi connectivity index (χ0n) is 10.3. The number of halogens is 4. The van der Waals surface area contributed by atoms with Crippen molar-refractivity contribution in [2.45, 2.75) is 12.5 Å². The Kier molecular flexibility index (Phi) is 5.10. The molecule has 6 heteroatoms. The summed E-state index contributed by atoms with van der Waals surface area (Å²) in [7, 11) is 0. The van der Waals surface area contributed by atoms with Gasteiger partial charge in [0.2, 0.25) is 0 Å². The molecule has 1 atom stereocenters. The second kappa shape index (κ2) is 6.63. The molecular formula is C14H12BrClF2N2. The zero-order valence-corrected chi connectivity index (χ0v) is 12.7. The fourth-order valence-corrected chi connectivity index (χ4v) is 2.71. The van der Waals surface area contributed by atoms with E-state index < -0.39 is 11.9 Å². The van der Waals surface area contributed by atoms with Crippen molar-refractivity contribution in [1.29, 1.82) is 0 Å². The summed E-state index contributed by atoms with van der Waals surface area (Å²) >= 11 is 9.14. The second-order valence-corrected chi connectivity index (χ2v) is 5.57. The zero-order chi connectivity index (χ0) is 14.7. The van der Waals surface area contributed by atoms with Gasteiger partial charge in [0.15, 0.2) is 0 Å². The standard InChI is InChI=1S/C14H12BrClF2N2/c15-9-6-8(4-5-11(9)17)7-13(20-19)14-10(16)2-1-3-12(14)18/h1-6,13,20H,7,19H2. The minimum atomic E-state index is -0.499. The quantitative estimate of drug-likeness (QED) is 0.635. The molecule has 2 nitrogen and oxygen atoms in total. The maximum atomic E-state index is 13.9. The van der Waals surface area contributed by atoms with E-state index in [9.17, 15) is 8.78 Å². The van der Waals surface area contributed by atoms with Gasteiger partial charge in [-0.3, -0.25) is 11.3 Å². The molecule has 0 heterocycles. The van der Waals surface area contributed by atoms with Crippen LogP contribution in [0, 0.1) is 11.6 Å². The van der Waals surface area contributed by atoms with E-state index in [2.05, 4.69) is 21.4 Å². The smallest absolute Gasteiger partial charge is 0.137 e. The van der Waals surface area contributed by atoms with Crippen LogP contribution in [-0.4, -0.2) is 0 Å². The monoisotopic (exact) mass is 360 g/mol. The third-order valence-corrected chi connectivity index (χ3v) is 3.91. The maximum Gasteiger partial charge on any atom is 0.137 e. The Labute approximate surface area is 129 Å². The minimum absolute atomic E-state index is 0.300. The van der Waals surface area contributed by atoms with Gasteiger partial charge in [-0.25, -0.2) is 8.78 Å². The summed E-state index contributed by atoms with van der Waals surface area (Å²) in [4.78, 5) is 0. The maximum absolute atomic E-state index is 13.9. The molecule has 1 unspecified atom stereocenters. The lowest BCUT2D eigenvalue weighted by Gasteiger charge is -2.18. The highest BCUT2D eigenvalue weighted by Gasteiger charge is 2.18. The van der Waals surface area contributed by atoms with Crippen molar-refractivity contribution >= 4 is 27.5 Å². The topological polar surface area (TPSA) is 38.0 Å². The molecule has 20 heavy (non-hydrogen) atoms. The number of hydrogen-bond donors (Lipinski definition) is 2. The van der Waals surface area contributed by atoms with Gasteiger partial charge < -0.3 is 0 Å². The van der Waals surface area contributed by atoms with Crippen LogP contribution in [0.5, 0.6) is 0 Å². The molecule has 0 amide bonds. The summed E-state index contributed by atoms with van der Waals surface area (Å²) in [6.45, 7) is 0. The molecule has 2 aromatic carbocycles. The number of benzene rings is 2. The highest BCUT2D eigenvalue weighted by atomic mass is 79.9. The summed E-state index contributed by atoms with van der Waals surface area (Å²) in [5.74, 6) is 4.72. The molecule has 0 spiro atoms. The van der Waals surface area contributed by atoms with Crippen LogP contribution < -0.4 is 11.3 Å². The van der Waals surface area contributed by atoms with Gasteiger partial charge in [-0.05, 0) is 52.2 Å². The Morgan fingerprint density at radius 1 is 1.20 bits per heavy atom. The van der Waals surface area contributed by atoms with Gasteiger partial charge in [-0.2, -0.15) is 0 Å². The molecule has 3 N–H and O–H groups in total. The van der Waals surface area contributed by atoms with E-state index in [1.807, 2.05) is 0 Å². The first-order valence-electron chi connectivity index (χ1n) is 5.87. The van der Waals surface area contributed by atoms with Crippen LogP contribution in [0.2, 0.25) is 5.02 Å². The number of hydrogen-bond acceptors (Lipinski definition) is 2. The van der Waals surface area contributed by atoms with Crippen molar-refractivity contribution in [2.75, 3.05) is 0 Å². The normalized spacial score (nSPS) is 12.4. The van der Waals surface area contributed by atoms with Crippen LogP contribution in [0.4, 0.5) is 8.78 Å². The number of nitrogens with one attached hydrogen (secondary N) is 1. The molecule has 2 aromatic rings. The second-order valence-electron chi connectivity index (χ2n) is 4.31. The predicted molar refractivity (Wildman–Crippen MR) is 79.3 cm³/mol. The van der Waals surface area contributed by atoms with Crippen molar-refractivity contribution in [1.82, 2.24) is 5.43 Å². The Bertz CT molecular complexity index is 602. The predicted octanol–water partition coefficient (Wildman–Crippen LogP) is 4.13. The van der Waals surface area contributed by atoms with Crippen LogP contribution in [0.25, 0.3) is 0 Å². The first kappa shape index (κ1) is 15.4. The average Bonchev–Trinajstić information content (AvgIpc) is 2.41. The molecule has 106 valence electrons. The average molecular weight is 362 g/mol. The van der Waals surface area contributed by atoms with Gasteiger partial charge in [-0.15, -0.1) is 0 Å². The van der Waals surface area contributed by atoms with Crippen molar-refractivity contribution in [3.05, 3.63) is 68.7 Å². The van der Waals surface area contributed by atoms with Crippen molar-refractivity contribution in [2.24, 2.45) is 5.84 Å². The third kappa shape index (κ3) is 3.35. The molecule has 0 aromatic heterocycles. The summed E-state index contributed by atoms with van der Waals surface area (Å²) in [6.07, 6.45) is 0.385. The van der Waals surface area contributed by atoms with Gasteiger partial charge in [0.25, 0.3) is 0 Å². The molecular weight excluding hydrogens is 350 g/mol. The van der Waals surface area contributed by atoms with Crippen molar-refractivity contribution in [3.8, 4) is 0 Å². The van der Waals surface area contributed by atoms with Gasteiger partial charge in [0, 0.05) is 10.6 Å².